The van der Waals surface area contributed by atoms with Crippen LogP contribution in [0.5, 0.6) is 0 Å². The van der Waals surface area contributed by atoms with Crippen LogP contribution in [0.3, 0.4) is 0 Å². The number of halogens is 2. The Morgan fingerprint density at radius 2 is 1.92 bits per heavy atom. The summed E-state index contributed by atoms with van der Waals surface area (Å²) in [5.41, 5.74) is 1.22. The highest BCUT2D eigenvalue weighted by Gasteiger charge is 2.43. The van der Waals surface area contributed by atoms with Crippen LogP contribution in [0, 0.1) is 17.7 Å². The monoisotopic (exact) mass is 375 g/mol. The van der Waals surface area contributed by atoms with Crippen molar-refractivity contribution in [1.82, 2.24) is 4.90 Å². The first-order valence-corrected chi connectivity index (χ1v) is 9.62. The van der Waals surface area contributed by atoms with Crippen molar-refractivity contribution < 1.29 is 9.50 Å². The Balaban J connectivity index is 1.79. The minimum absolute atomic E-state index is 0.134. The molecule has 3 unspecified atom stereocenters. The van der Waals surface area contributed by atoms with Gasteiger partial charge in [-0.2, -0.15) is 0 Å². The van der Waals surface area contributed by atoms with E-state index in [0.29, 0.717) is 10.9 Å². The Bertz CT molecular complexity index is 733. The molecule has 0 amide bonds. The Labute approximate surface area is 160 Å². The number of aliphatic hydroxyl groups is 1. The molecule has 1 aliphatic rings. The van der Waals surface area contributed by atoms with E-state index in [2.05, 4.69) is 4.90 Å². The van der Waals surface area contributed by atoms with E-state index in [9.17, 15) is 9.50 Å². The molecule has 26 heavy (non-hydrogen) atoms. The summed E-state index contributed by atoms with van der Waals surface area (Å²) in [5.74, 6) is 0.429. The van der Waals surface area contributed by atoms with Crippen molar-refractivity contribution in [3.8, 4) is 0 Å². The van der Waals surface area contributed by atoms with Crippen LogP contribution in [0.1, 0.15) is 30.4 Å². The van der Waals surface area contributed by atoms with E-state index >= 15 is 0 Å². The average Bonchev–Trinajstić information content (AvgIpc) is 2.59. The first-order chi connectivity index (χ1) is 12.4. The fraction of sp³-hybridized carbons (Fsp3) is 0.455. The summed E-state index contributed by atoms with van der Waals surface area (Å²) < 4.78 is 13.1. The summed E-state index contributed by atoms with van der Waals surface area (Å²) in [6, 6.07) is 14.4. The van der Waals surface area contributed by atoms with Crippen LogP contribution in [0.25, 0.3) is 0 Å². The summed E-state index contributed by atoms with van der Waals surface area (Å²) in [5, 5.41) is 12.2. The molecule has 3 rings (SSSR count). The molecule has 2 aromatic carbocycles. The molecule has 4 heteroatoms. The lowest BCUT2D eigenvalue weighted by molar-refractivity contribution is -0.0752. The van der Waals surface area contributed by atoms with Crippen LogP contribution in [-0.4, -0.2) is 30.6 Å². The van der Waals surface area contributed by atoms with Gasteiger partial charge in [0, 0.05) is 17.5 Å². The Kier molecular flexibility index (Phi) is 6.01. The Morgan fingerprint density at radius 3 is 2.58 bits per heavy atom. The smallest absolute Gasteiger partial charge is 0.123 e. The molecule has 3 atom stereocenters. The van der Waals surface area contributed by atoms with E-state index in [1.165, 1.54) is 12.1 Å². The molecule has 0 radical (unpaired) electrons. The fourth-order valence-corrected chi connectivity index (χ4v) is 4.48. The zero-order valence-corrected chi connectivity index (χ0v) is 16.2. The average molecular weight is 376 g/mol. The topological polar surface area (TPSA) is 23.5 Å². The number of hydrogen-bond acceptors (Lipinski definition) is 2. The standard InChI is InChI=1S/C22H27ClFNO/c1-25(2)15-19-13-17(12-16-6-8-21(24)9-7-16)10-11-22(19,26)18-4-3-5-20(23)14-18/h3-9,14,17,19,26H,10-13,15H2,1-2H3. The van der Waals surface area contributed by atoms with Gasteiger partial charge in [-0.05, 0) is 81.1 Å². The van der Waals surface area contributed by atoms with Gasteiger partial charge in [-0.15, -0.1) is 0 Å². The third-order valence-electron chi connectivity index (χ3n) is 5.57. The van der Waals surface area contributed by atoms with Crippen LogP contribution >= 0.6 is 11.6 Å². The second kappa shape index (κ2) is 8.08. The van der Waals surface area contributed by atoms with Crippen LogP contribution in [0.15, 0.2) is 48.5 Å². The molecule has 1 fully saturated rings. The Morgan fingerprint density at radius 1 is 1.19 bits per heavy atom. The molecule has 0 spiro atoms. The van der Waals surface area contributed by atoms with Crippen molar-refractivity contribution in [3.05, 3.63) is 70.5 Å². The minimum atomic E-state index is -0.853. The van der Waals surface area contributed by atoms with Crippen molar-refractivity contribution >= 4 is 11.6 Å². The molecule has 0 heterocycles. The highest BCUT2D eigenvalue weighted by atomic mass is 35.5. The third-order valence-corrected chi connectivity index (χ3v) is 5.81. The summed E-state index contributed by atoms with van der Waals surface area (Å²) in [4.78, 5) is 2.14. The van der Waals surface area contributed by atoms with E-state index in [1.54, 1.807) is 0 Å². The third kappa shape index (κ3) is 4.46. The van der Waals surface area contributed by atoms with Gasteiger partial charge in [0.2, 0.25) is 0 Å². The van der Waals surface area contributed by atoms with E-state index in [0.717, 1.165) is 43.4 Å². The molecular formula is C22H27ClFNO. The SMILES string of the molecule is CN(C)CC1CC(Cc2ccc(F)cc2)CCC1(O)c1cccc(Cl)c1. The normalized spacial score (nSPS) is 26.2. The maximum atomic E-state index is 13.1. The van der Waals surface area contributed by atoms with Gasteiger partial charge in [-0.3, -0.25) is 0 Å². The quantitative estimate of drug-likeness (QED) is 0.804. The Hall–Kier alpha value is -1.42. The zero-order chi connectivity index (χ0) is 18.7. The van der Waals surface area contributed by atoms with Crippen LogP contribution in [0.2, 0.25) is 5.02 Å². The van der Waals surface area contributed by atoms with E-state index in [1.807, 2.05) is 50.5 Å². The second-order valence-electron chi connectivity index (χ2n) is 7.86. The lowest BCUT2D eigenvalue weighted by Crippen LogP contribution is -2.45. The second-order valence-corrected chi connectivity index (χ2v) is 8.30. The number of hydrogen-bond donors (Lipinski definition) is 1. The van der Waals surface area contributed by atoms with E-state index in [4.69, 9.17) is 11.6 Å². The van der Waals surface area contributed by atoms with Gasteiger partial charge in [-0.1, -0.05) is 35.9 Å². The predicted molar refractivity (Wildman–Crippen MR) is 105 cm³/mol. The van der Waals surface area contributed by atoms with Crippen molar-refractivity contribution in [2.75, 3.05) is 20.6 Å². The van der Waals surface area contributed by atoms with Gasteiger partial charge in [0.25, 0.3) is 0 Å². The minimum Gasteiger partial charge on any atom is -0.385 e. The van der Waals surface area contributed by atoms with Gasteiger partial charge in [0.1, 0.15) is 5.82 Å². The summed E-state index contributed by atoms with van der Waals surface area (Å²) in [7, 11) is 4.09. The predicted octanol–water partition coefficient (Wildman–Crippen LogP) is 4.89. The van der Waals surface area contributed by atoms with Gasteiger partial charge in [-0.25, -0.2) is 4.39 Å². The maximum absolute atomic E-state index is 13.1. The van der Waals surface area contributed by atoms with Gasteiger partial charge in [0.15, 0.2) is 0 Å². The number of nitrogens with zero attached hydrogens (tertiary/aromatic N) is 1. The van der Waals surface area contributed by atoms with Gasteiger partial charge in [0.05, 0.1) is 5.60 Å². The summed E-state index contributed by atoms with van der Waals surface area (Å²) in [6.07, 6.45) is 3.54. The van der Waals surface area contributed by atoms with Crippen LogP contribution in [0.4, 0.5) is 4.39 Å². The molecule has 1 saturated carbocycles. The maximum Gasteiger partial charge on any atom is 0.123 e. The molecule has 0 saturated heterocycles. The molecular weight excluding hydrogens is 349 g/mol. The molecule has 1 N–H and O–H groups in total. The molecule has 0 aliphatic heterocycles. The van der Waals surface area contributed by atoms with E-state index in [-0.39, 0.29) is 11.7 Å². The summed E-state index contributed by atoms with van der Waals surface area (Å²) >= 11 is 6.18. The van der Waals surface area contributed by atoms with Crippen molar-refractivity contribution in [2.45, 2.75) is 31.3 Å². The molecule has 1 aliphatic carbocycles. The summed E-state index contributed by atoms with van der Waals surface area (Å²) in [6.45, 7) is 0.822. The lowest BCUT2D eigenvalue weighted by atomic mass is 9.66. The lowest BCUT2D eigenvalue weighted by Gasteiger charge is -2.44. The zero-order valence-electron chi connectivity index (χ0n) is 15.5. The molecule has 140 valence electrons. The molecule has 0 aromatic heterocycles. The molecule has 0 bridgehead atoms. The number of rotatable bonds is 5. The largest absolute Gasteiger partial charge is 0.385 e. The van der Waals surface area contributed by atoms with Crippen LogP contribution < -0.4 is 0 Å². The van der Waals surface area contributed by atoms with Gasteiger partial charge >= 0.3 is 0 Å². The first kappa shape index (κ1) is 19.3. The number of benzene rings is 2. The van der Waals surface area contributed by atoms with Gasteiger partial charge < -0.3 is 10.0 Å². The van der Waals surface area contributed by atoms with E-state index < -0.39 is 5.60 Å². The van der Waals surface area contributed by atoms with Crippen molar-refractivity contribution in [1.29, 1.82) is 0 Å². The van der Waals surface area contributed by atoms with Crippen molar-refractivity contribution in [3.63, 3.8) is 0 Å². The fourth-order valence-electron chi connectivity index (χ4n) is 4.29. The highest BCUT2D eigenvalue weighted by molar-refractivity contribution is 6.30. The first-order valence-electron chi connectivity index (χ1n) is 9.24. The van der Waals surface area contributed by atoms with Crippen molar-refractivity contribution in [2.24, 2.45) is 11.8 Å². The highest BCUT2D eigenvalue weighted by Crippen LogP contribution is 2.45. The molecule has 2 nitrogen and oxygen atoms in total. The molecule has 2 aromatic rings. The van der Waals surface area contributed by atoms with Crippen LogP contribution in [-0.2, 0) is 12.0 Å².